The molecule has 7 heteroatoms. The lowest BCUT2D eigenvalue weighted by atomic mass is 10.1. The first-order valence-corrected chi connectivity index (χ1v) is 6.87. The summed E-state index contributed by atoms with van der Waals surface area (Å²) in [5, 5.41) is 10.7. The minimum Gasteiger partial charge on any atom is -0.336 e. The standard InChI is InChI=1S/C14H16F2N2O3/c1-9-5-3-2-4-8-17(9)14(19)12-10(15)6-7-11(13(12)16)18(20)21/h6-7,9H,2-5,8H2,1H3. The number of carbonyl (C=O) groups excluding carboxylic acids is 1. The molecule has 1 unspecified atom stereocenters. The lowest BCUT2D eigenvalue weighted by Crippen LogP contribution is -2.39. The van der Waals surface area contributed by atoms with Gasteiger partial charge in [-0.25, -0.2) is 4.39 Å². The number of rotatable bonds is 2. The maximum atomic E-state index is 14.1. The number of hydrogen-bond acceptors (Lipinski definition) is 3. The van der Waals surface area contributed by atoms with Gasteiger partial charge in [-0.3, -0.25) is 14.9 Å². The number of nitrogens with zero attached hydrogens (tertiary/aromatic N) is 2. The van der Waals surface area contributed by atoms with Gasteiger partial charge in [0.25, 0.3) is 5.91 Å². The van der Waals surface area contributed by atoms with Crippen molar-refractivity contribution in [1.82, 2.24) is 4.90 Å². The van der Waals surface area contributed by atoms with Crippen molar-refractivity contribution in [2.75, 3.05) is 6.54 Å². The number of likely N-dealkylation sites (tertiary alicyclic amines) is 1. The zero-order valence-corrected chi connectivity index (χ0v) is 11.6. The molecule has 0 saturated carbocycles. The van der Waals surface area contributed by atoms with Gasteiger partial charge in [-0.1, -0.05) is 12.8 Å². The van der Waals surface area contributed by atoms with E-state index in [1.54, 1.807) is 0 Å². The molecule has 0 aromatic heterocycles. The molecule has 2 rings (SSSR count). The summed E-state index contributed by atoms with van der Waals surface area (Å²) in [5.41, 5.74) is -1.72. The largest absolute Gasteiger partial charge is 0.336 e. The number of nitro groups is 1. The predicted octanol–water partition coefficient (Wildman–Crippen LogP) is 3.28. The molecule has 114 valence electrons. The third kappa shape index (κ3) is 3.01. The molecular formula is C14H16F2N2O3. The fourth-order valence-electron chi connectivity index (χ4n) is 2.60. The van der Waals surface area contributed by atoms with Crippen molar-refractivity contribution in [3.63, 3.8) is 0 Å². The van der Waals surface area contributed by atoms with Crippen molar-refractivity contribution < 1.29 is 18.5 Å². The quantitative estimate of drug-likeness (QED) is 0.621. The van der Waals surface area contributed by atoms with Crippen molar-refractivity contribution in [3.05, 3.63) is 39.4 Å². The number of amides is 1. The maximum Gasteiger partial charge on any atom is 0.305 e. The molecule has 0 aliphatic carbocycles. The Bertz CT molecular complexity index is 578. The van der Waals surface area contributed by atoms with Gasteiger partial charge in [0.15, 0.2) is 0 Å². The summed E-state index contributed by atoms with van der Waals surface area (Å²) in [6, 6.07) is 1.35. The SMILES string of the molecule is CC1CCCCCN1C(=O)c1c(F)ccc([N+](=O)[O-])c1F. The van der Waals surface area contributed by atoms with Crippen LogP contribution in [0.5, 0.6) is 0 Å². The monoisotopic (exact) mass is 298 g/mol. The molecule has 1 aliphatic heterocycles. The second-order valence-corrected chi connectivity index (χ2v) is 5.21. The van der Waals surface area contributed by atoms with Crippen LogP contribution in [0.3, 0.4) is 0 Å². The zero-order valence-electron chi connectivity index (χ0n) is 11.6. The molecule has 0 radical (unpaired) electrons. The van der Waals surface area contributed by atoms with Gasteiger partial charge in [-0.2, -0.15) is 4.39 Å². The Labute approximate surface area is 120 Å². The van der Waals surface area contributed by atoms with Crippen molar-refractivity contribution in [3.8, 4) is 0 Å². The van der Waals surface area contributed by atoms with Crippen LogP contribution >= 0.6 is 0 Å². The molecule has 1 aromatic carbocycles. The molecule has 1 heterocycles. The Kier molecular flexibility index (Phi) is 4.50. The average Bonchev–Trinajstić information content (AvgIpc) is 2.62. The first-order chi connectivity index (χ1) is 9.93. The molecule has 1 fully saturated rings. The van der Waals surface area contributed by atoms with Gasteiger partial charge < -0.3 is 4.90 Å². The average molecular weight is 298 g/mol. The number of hydrogen-bond donors (Lipinski definition) is 0. The molecule has 21 heavy (non-hydrogen) atoms. The lowest BCUT2D eigenvalue weighted by molar-refractivity contribution is -0.387. The molecule has 1 aliphatic rings. The molecule has 5 nitrogen and oxygen atoms in total. The predicted molar refractivity (Wildman–Crippen MR) is 72.0 cm³/mol. The molecular weight excluding hydrogens is 282 g/mol. The van der Waals surface area contributed by atoms with E-state index in [1.165, 1.54) is 4.90 Å². The van der Waals surface area contributed by atoms with E-state index in [4.69, 9.17) is 0 Å². The van der Waals surface area contributed by atoms with Crippen LogP contribution in [-0.2, 0) is 0 Å². The number of nitro benzene ring substituents is 1. The summed E-state index contributed by atoms with van der Waals surface area (Å²) in [6.45, 7) is 2.22. The molecule has 1 saturated heterocycles. The minimum atomic E-state index is -1.40. The van der Waals surface area contributed by atoms with E-state index < -0.39 is 33.7 Å². The van der Waals surface area contributed by atoms with Crippen LogP contribution in [0.4, 0.5) is 14.5 Å². The van der Waals surface area contributed by atoms with Crippen molar-refractivity contribution in [2.24, 2.45) is 0 Å². The molecule has 0 bridgehead atoms. The summed E-state index contributed by atoms with van der Waals surface area (Å²) in [7, 11) is 0. The van der Waals surface area contributed by atoms with Crippen LogP contribution in [-0.4, -0.2) is 28.3 Å². The second-order valence-electron chi connectivity index (χ2n) is 5.21. The van der Waals surface area contributed by atoms with Crippen molar-refractivity contribution in [2.45, 2.75) is 38.6 Å². The normalized spacial score (nSPS) is 19.2. The fourth-order valence-corrected chi connectivity index (χ4v) is 2.60. The van der Waals surface area contributed by atoms with Gasteiger partial charge >= 0.3 is 5.69 Å². The maximum absolute atomic E-state index is 14.1. The number of carbonyl (C=O) groups is 1. The van der Waals surface area contributed by atoms with Crippen molar-refractivity contribution in [1.29, 1.82) is 0 Å². The highest BCUT2D eigenvalue weighted by atomic mass is 19.1. The number of halogens is 2. The third-order valence-electron chi connectivity index (χ3n) is 3.80. The Morgan fingerprint density at radius 1 is 1.33 bits per heavy atom. The molecule has 1 aromatic rings. The van der Waals surface area contributed by atoms with Crippen LogP contribution in [0.25, 0.3) is 0 Å². The first-order valence-electron chi connectivity index (χ1n) is 6.87. The number of benzene rings is 1. The van der Waals surface area contributed by atoms with Gasteiger partial charge in [0, 0.05) is 18.7 Å². The summed E-state index contributed by atoms with van der Waals surface area (Å²) >= 11 is 0. The Morgan fingerprint density at radius 2 is 2.05 bits per heavy atom. The van der Waals surface area contributed by atoms with Gasteiger partial charge in [0.05, 0.1) is 4.92 Å². The highest BCUT2D eigenvalue weighted by Gasteiger charge is 2.31. The Morgan fingerprint density at radius 3 is 2.71 bits per heavy atom. The van der Waals surface area contributed by atoms with Crippen LogP contribution in [0, 0.1) is 21.7 Å². The molecule has 1 atom stereocenters. The van der Waals surface area contributed by atoms with Gasteiger partial charge in [0.1, 0.15) is 11.4 Å². The van der Waals surface area contributed by atoms with Crippen LogP contribution < -0.4 is 0 Å². The van der Waals surface area contributed by atoms with Crippen LogP contribution in [0.15, 0.2) is 12.1 Å². The topological polar surface area (TPSA) is 63.5 Å². The van der Waals surface area contributed by atoms with E-state index >= 15 is 0 Å². The summed E-state index contributed by atoms with van der Waals surface area (Å²) in [4.78, 5) is 23.6. The van der Waals surface area contributed by atoms with Crippen molar-refractivity contribution >= 4 is 11.6 Å². The van der Waals surface area contributed by atoms with E-state index in [2.05, 4.69) is 0 Å². The van der Waals surface area contributed by atoms with E-state index in [0.717, 1.165) is 37.8 Å². The zero-order chi connectivity index (χ0) is 15.6. The van der Waals surface area contributed by atoms with E-state index in [0.29, 0.717) is 6.54 Å². The van der Waals surface area contributed by atoms with Gasteiger partial charge in [-0.15, -0.1) is 0 Å². The molecule has 0 spiro atoms. The molecule has 0 N–H and O–H groups in total. The van der Waals surface area contributed by atoms with Gasteiger partial charge in [-0.05, 0) is 25.8 Å². The van der Waals surface area contributed by atoms with E-state index in [1.807, 2.05) is 6.92 Å². The van der Waals surface area contributed by atoms with E-state index in [-0.39, 0.29) is 6.04 Å². The van der Waals surface area contributed by atoms with Gasteiger partial charge in [0.2, 0.25) is 5.82 Å². The highest BCUT2D eigenvalue weighted by molar-refractivity contribution is 5.95. The fraction of sp³-hybridized carbons (Fsp3) is 0.500. The Balaban J connectivity index is 2.42. The summed E-state index contributed by atoms with van der Waals surface area (Å²) in [6.07, 6.45) is 3.41. The lowest BCUT2D eigenvalue weighted by Gasteiger charge is -2.27. The summed E-state index contributed by atoms with van der Waals surface area (Å²) < 4.78 is 27.9. The van der Waals surface area contributed by atoms with Crippen LogP contribution in [0.2, 0.25) is 0 Å². The Hall–Kier alpha value is -2.05. The highest BCUT2D eigenvalue weighted by Crippen LogP contribution is 2.26. The molecule has 1 amide bonds. The van der Waals surface area contributed by atoms with E-state index in [9.17, 15) is 23.7 Å². The second kappa shape index (κ2) is 6.15. The smallest absolute Gasteiger partial charge is 0.305 e. The first kappa shape index (κ1) is 15.3. The summed E-state index contributed by atoms with van der Waals surface area (Å²) in [5.74, 6) is -3.29. The van der Waals surface area contributed by atoms with Crippen LogP contribution in [0.1, 0.15) is 43.0 Å². The third-order valence-corrected chi connectivity index (χ3v) is 3.80. The minimum absolute atomic E-state index is 0.141.